The summed E-state index contributed by atoms with van der Waals surface area (Å²) in [6.07, 6.45) is -3.23. The van der Waals surface area contributed by atoms with Crippen LogP contribution in [0.25, 0.3) is 0 Å². The number of likely N-dealkylation sites (N-methyl/N-ethyl adjacent to an activating group) is 1. The van der Waals surface area contributed by atoms with Gasteiger partial charge in [-0.2, -0.15) is 5.06 Å². The van der Waals surface area contributed by atoms with Crippen LogP contribution < -0.4 is 0 Å². The van der Waals surface area contributed by atoms with Gasteiger partial charge in [0.25, 0.3) is 0 Å². The Labute approximate surface area is 146 Å². The molecule has 0 amide bonds. The number of esters is 1. The fourth-order valence-corrected chi connectivity index (χ4v) is 3.63. The van der Waals surface area contributed by atoms with E-state index in [1.54, 1.807) is 7.05 Å². The van der Waals surface area contributed by atoms with Crippen LogP contribution in [-0.4, -0.2) is 71.3 Å². The molecule has 2 aliphatic rings. The van der Waals surface area contributed by atoms with Crippen molar-refractivity contribution in [3.8, 4) is 0 Å². The Morgan fingerprint density at radius 2 is 2.00 bits per heavy atom. The number of methoxy groups -OCH3 is 1. The Balaban J connectivity index is 0.00000225. The number of rotatable bonds is 4. The number of nitrogens with zero attached hydrogens (tertiary/aromatic N) is 1. The van der Waals surface area contributed by atoms with Gasteiger partial charge in [-0.3, -0.25) is 4.84 Å². The lowest BCUT2D eigenvalue weighted by Crippen LogP contribution is -2.58. The largest absolute Gasteiger partial charge is 0.467 e. The molecule has 1 aromatic carbocycles. The summed E-state index contributed by atoms with van der Waals surface area (Å²) in [6, 6.07) is 9.25. The smallest absolute Gasteiger partial charge is 0.337 e. The molecular weight excluding hydrogens is 330 g/mol. The molecule has 0 spiro atoms. The molecule has 25 heavy (non-hydrogen) atoms. The SMILES string of the molecule is COC(=O)[C@H]1ON(C)[C@H]2[C@@H]1C[C@@H](O)[C@H](O)[C@@H]2OCc1ccccc1.O. The van der Waals surface area contributed by atoms with Gasteiger partial charge in [0.15, 0.2) is 6.10 Å². The van der Waals surface area contributed by atoms with Gasteiger partial charge in [0.2, 0.25) is 0 Å². The molecule has 1 aliphatic carbocycles. The van der Waals surface area contributed by atoms with E-state index in [1.165, 1.54) is 12.2 Å². The molecule has 1 saturated heterocycles. The van der Waals surface area contributed by atoms with Crippen molar-refractivity contribution in [1.82, 2.24) is 5.06 Å². The molecule has 1 aliphatic heterocycles. The van der Waals surface area contributed by atoms with E-state index in [1.807, 2.05) is 30.3 Å². The highest BCUT2D eigenvalue weighted by Crippen LogP contribution is 2.40. The Morgan fingerprint density at radius 3 is 2.64 bits per heavy atom. The highest BCUT2D eigenvalue weighted by Gasteiger charge is 2.56. The summed E-state index contributed by atoms with van der Waals surface area (Å²) in [5, 5.41) is 22.1. The van der Waals surface area contributed by atoms with Crippen molar-refractivity contribution in [2.24, 2.45) is 5.92 Å². The van der Waals surface area contributed by atoms with Gasteiger partial charge in [0.1, 0.15) is 12.2 Å². The van der Waals surface area contributed by atoms with Crippen LogP contribution in [-0.2, 0) is 25.7 Å². The summed E-state index contributed by atoms with van der Waals surface area (Å²) >= 11 is 0. The predicted molar refractivity (Wildman–Crippen MR) is 87.2 cm³/mol. The number of hydrogen-bond acceptors (Lipinski definition) is 7. The Bertz CT molecular complexity index is 569. The van der Waals surface area contributed by atoms with Crippen molar-refractivity contribution in [3.63, 3.8) is 0 Å². The average molecular weight is 355 g/mol. The molecule has 0 aromatic heterocycles. The first-order chi connectivity index (χ1) is 11.5. The van der Waals surface area contributed by atoms with E-state index in [9.17, 15) is 15.0 Å². The van der Waals surface area contributed by atoms with Crippen LogP contribution in [0.4, 0.5) is 0 Å². The molecule has 1 saturated carbocycles. The molecule has 1 aromatic rings. The molecule has 0 radical (unpaired) electrons. The number of carbonyl (C=O) groups excluding carboxylic acids is 1. The van der Waals surface area contributed by atoms with Crippen LogP contribution in [0, 0.1) is 5.92 Å². The monoisotopic (exact) mass is 355 g/mol. The van der Waals surface area contributed by atoms with E-state index in [4.69, 9.17) is 14.3 Å². The van der Waals surface area contributed by atoms with Gasteiger partial charge >= 0.3 is 5.97 Å². The third-order valence-electron chi connectivity index (χ3n) is 4.83. The average Bonchev–Trinajstić information content (AvgIpc) is 2.92. The fourth-order valence-electron chi connectivity index (χ4n) is 3.63. The minimum absolute atomic E-state index is 0. The molecule has 2 fully saturated rings. The summed E-state index contributed by atoms with van der Waals surface area (Å²) in [5.74, 6) is -0.790. The second kappa shape index (κ2) is 8.22. The number of fused-ring (bicyclic) bond motifs is 1. The van der Waals surface area contributed by atoms with Crippen molar-refractivity contribution in [1.29, 1.82) is 0 Å². The molecule has 140 valence electrons. The molecule has 8 nitrogen and oxygen atoms in total. The molecule has 8 heteroatoms. The van der Waals surface area contributed by atoms with E-state index in [-0.39, 0.29) is 23.9 Å². The first kappa shape index (κ1) is 19.8. The second-order valence-electron chi connectivity index (χ2n) is 6.30. The minimum Gasteiger partial charge on any atom is -0.467 e. The highest BCUT2D eigenvalue weighted by atomic mass is 16.7. The van der Waals surface area contributed by atoms with Crippen LogP contribution in [0.5, 0.6) is 0 Å². The van der Waals surface area contributed by atoms with E-state index < -0.39 is 30.4 Å². The minimum atomic E-state index is -1.04. The summed E-state index contributed by atoms with van der Waals surface area (Å²) in [6.45, 7) is 0.301. The molecule has 4 N–H and O–H groups in total. The van der Waals surface area contributed by atoms with E-state index in [0.29, 0.717) is 6.61 Å². The van der Waals surface area contributed by atoms with Gasteiger partial charge in [0, 0.05) is 13.0 Å². The van der Waals surface area contributed by atoms with Crippen LogP contribution in [0.1, 0.15) is 12.0 Å². The lowest BCUT2D eigenvalue weighted by molar-refractivity contribution is -0.198. The standard InChI is InChI=1S/C17H23NO6.H2O/c1-18-13-11(15(24-18)17(21)22-2)8-12(19)14(20)16(13)23-9-10-6-4-3-5-7-10;/h3-7,11-16,19-20H,8-9H2,1-2H3;1H2/t11-,12+,13-,14-,15-,16+;/m0./s1. The van der Waals surface area contributed by atoms with Gasteiger partial charge in [-0.15, -0.1) is 0 Å². The van der Waals surface area contributed by atoms with Crippen molar-refractivity contribution < 1.29 is 34.8 Å². The first-order valence-corrected chi connectivity index (χ1v) is 8.02. The molecule has 6 atom stereocenters. The molecule has 1 heterocycles. The molecular formula is C17H25NO7. The Hall–Kier alpha value is -1.55. The third kappa shape index (κ3) is 3.84. The predicted octanol–water partition coefficient (Wildman–Crippen LogP) is -0.724. The van der Waals surface area contributed by atoms with Gasteiger partial charge in [-0.1, -0.05) is 30.3 Å². The zero-order valence-corrected chi connectivity index (χ0v) is 14.2. The lowest BCUT2D eigenvalue weighted by Gasteiger charge is -2.41. The Morgan fingerprint density at radius 1 is 1.32 bits per heavy atom. The van der Waals surface area contributed by atoms with Crippen molar-refractivity contribution in [2.45, 2.75) is 43.5 Å². The number of hydrogen-bond donors (Lipinski definition) is 2. The second-order valence-corrected chi connectivity index (χ2v) is 6.30. The highest BCUT2D eigenvalue weighted by molar-refractivity contribution is 5.75. The van der Waals surface area contributed by atoms with Crippen molar-refractivity contribution in [3.05, 3.63) is 35.9 Å². The normalized spacial score (nSPS) is 34.9. The number of aliphatic hydroxyl groups is 2. The molecule has 0 bridgehead atoms. The molecule has 3 rings (SSSR count). The zero-order valence-electron chi connectivity index (χ0n) is 14.2. The lowest BCUT2D eigenvalue weighted by atomic mass is 9.77. The number of benzene rings is 1. The summed E-state index contributed by atoms with van der Waals surface area (Å²) in [4.78, 5) is 17.5. The maximum Gasteiger partial charge on any atom is 0.337 e. The fraction of sp³-hybridized carbons (Fsp3) is 0.588. The van der Waals surface area contributed by atoms with E-state index >= 15 is 0 Å². The van der Waals surface area contributed by atoms with E-state index in [0.717, 1.165) is 5.56 Å². The molecule has 0 unspecified atom stereocenters. The van der Waals surface area contributed by atoms with Crippen molar-refractivity contribution in [2.75, 3.05) is 14.2 Å². The van der Waals surface area contributed by atoms with Crippen LogP contribution in [0.15, 0.2) is 30.3 Å². The topological polar surface area (TPSA) is 120 Å². The Kier molecular flexibility index (Phi) is 6.50. The number of hydroxylamine groups is 2. The van der Waals surface area contributed by atoms with Gasteiger partial charge in [-0.25, -0.2) is 4.79 Å². The zero-order chi connectivity index (χ0) is 17.3. The quantitative estimate of drug-likeness (QED) is 0.684. The van der Waals surface area contributed by atoms with Crippen LogP contribution in [0.3, 0.4) is 0 Å². The maximum absolute atomic E-state index is 11.9. The van der Waals surface area contributed by atoms with Gasteiger partial charge in [-0.05, 0) is 12.0 Å². The van der Waals surface area contributed by atoms with E-state index in [2.05, 4.69) is 0 Å². The summed E-state index contributed by atoms with van der Waals surface area (Å²) in [5.41, 5.74) is 0.965. The van der Waals surface area contributed by atoms with Gasteiger partial charge < -0.3 is 25.2 Å². The number of ether oxygens (including phenoxy) is 2. The number of carbonyl (C=O) groups is 1. The van der Waals surface area contributed by atoms with Crippen LogP contribution >= 0.6 is 0 Å². The summed E-state index contributed by atoms with van der Waals surface area (Å²) < 4.78 is 10.7. The number of aliphatic hydroxyl groups excluding tert-OH is 2. The van der Waals surface area contributed by atoms with Crippen LogP contribution in [0.2, 0.25) is 0 Å². The van der Waals surface area contributed by atoms with Gasteiger partial charge in [0.05, 0.1) is 25.9 Å². The summed E-state index contributed by atoms with van der Waals surface area (Å²) in [7, 11) is 3.00. The maximum atomic E-state index is 11.9. The van der Waals surface area contributed by atoms with Crippen molar-refractivity contribution >= 4 is 5.97 Å². The first-order valence-electron chi connectivity index (χ1n) is 8.02. The third-order valence-corrected chi connectivity index (χ3v) is 4.83.